The molecule has 0 amide bonds. The molecule has 12 rings (SSSR count). The van der Waals surface area contributed by atoms with Crippen LogP contribution in [0.5, 0.6) is 0 Å². The first kappa shape index (κ1) is 42.6. The molecule has 68 heavy (non-hydrogen) atoms. The molecule has 3 nitrogen and oxygen atoms in total. The summed E-state index contributed by atoms with van der Waals surface area (Å²) >= 11 is 0. The van der Waals surface area contributed by atoms with Crippen LogP contribution in [-0.2, 0) is 10.8 Å². The van der Waals surface area contributed by atoms with Crippen LogP contribution >= 0.6 is 0 Å². The van der Waals surface area contributed by atoms with Crippen LogP contribution in [-0.4, -0.2) is 12.3 Å². The summed E-state index contributed by atoms with van der Waals surface area (Å²) in [4.78, 5) is 7.99. The topological polar surface area (TPSA) is 9.72 Å². The molecule has 1 fully saturated rings. The van der Waals surface area contributed by atoms with Crippen molar-refractivity contribution in [3.63, 3.8) is 0 Å². The van der Waals surface area contributed by atoms with Gasteiger partial charge in [-0.05, 0) is 147 Å². The van der Waals surface area contributed by atoms with Crippen molar-refractivity contribution >= 4 is 68.6 Å². The normalized spacial score (nSPS) is 20.3. The molecule has 0 spiro atoms. The Morgan fingerprint density at radius 1 is 0.471 bits per heavy atom. The van der Waals surface area contributed by atoms with E-state index in [0.717, 1.165) is 18.5 Å². The van der Waals surface area contributed by atoms with Gasteiger partial charge >= 0.3 is 0 Å². The molecule has 3 unspecified atom stereocenters. The van der Waals surface area contributed by atoms with Crippen molar-refractivity contribution in [3.8, 4) is 22.3 Å². The van der Waals surface area contributed by atoms with Gasteiger partial charge in [0.05, 0.1) is 5.54 Å². The van der Waals surface area contributed by atoms with Crippen molar-refractivity contribution in [3.05, 3.63) is 199 Å². The highest BCUT2D eigenvalue weighted by molar-refractivity contribution is 7.00. The van der Waals surface area contributed by atoms with Gasteiger partial charge in [-0.3, -0.25) is 0 Å². The van der Waals surface area contributed by atoms with E-state index in [1.54, 1.807) is 0 Å². The first-order valence-corrected chi connectivity index (χ1v) is 25.0. The molecule has 1 aliphatic carbocycles. The SMILES string of the molecule is CC(C)(C)c1ccc2c(c1)C1(C)CC(C(C)(C)C)CCC1(C)N2c1cc2c3c(c1)N(c1cccc(-c4ccccc4)c1)c1cc(-c4ccccc4)ccc1B3c1ccccc1N2c1ccccc1. The van der Waals surface area contributed by atoms with Crippen LogP contribution in [0.25, 0.3) is 22.3 Å². The van der Waals surface area contributed by atoms with Gasteiger partial charge in [0.2, 0.25) is 0 Å². The molecule has 4 heteroatoms. The van der Waals surface area contributed by atoms with Crippen LogP contribution in [0.1, 0.15) is 85.8 Å². The Kier molecular flexibility index (Phi) is 9.62. The molecule has 0 bridgehead atoms. The van der Waals surface area contributed by atoms with Crippen molar-refractivity contribution in [2.45, 2.75) is 91.0 Å². The van der Waals surface area contributed by atoms with E-state index in [0.29, 0.717) is 5.92 Å². The van der Waals surface area contributed by atoms with Gasteiger partial charge in [-0.25, -0.2) is 0 Å². The Balaban J connectivity index is 1.18. The molecule has 8 aromatic carbocycles. The van der Waals surface area contributed by atoms with Gasteiger partial charge in [0.1, 0.15) is 0 Å². The molecule has 4 aliphatic rings. The molecule has 336 valence electrons. The molecule has 3 atom stereocenters. The van der Waals surface area contributed by atoms with Crippen LogP contribution in [0.15, 0.2) is 188 Å². The van der Waals surface area contributed by atoms with Gasteiger partial charge in [0.25, 0.3) is 6.71 Å². The predicted octanol–water partition coefficient (Wildman–Crippen LogP) is 15.4. The minimum absolute atomic E-state index is 0.0156. The number of hydrogen-bond acceptors (Lipinski definition) is 3. The lowest BCUT2D eigenvalue weighted by Crippen LogP contribution is -2.61. The van der Waals surface area contributed by atoms with Gasteiger partial charge < -0.3 is 14.7 Å². The first-order valence-electron chi connectivity index (χ1n) is 25.0. The molecule has 8 aromatic rings. The molecular formula is C64H62BN3. The number of nitrogens with zero attached hydrogens (tertiary/aromatic N) is 3. The van der Waals surface area contributed by atoms with Gasteiger partial charge in [0, 0.05) is 50.9 Å². The second-order valence-corrected chi connectivity index (χ2v) is 22.7. The van der Waals surface area contributed by atoms with Crippen LogP contribution in [0, 0.1) is 11.3 Å². The number of para-hydroxylation sites is 2. The standard InChI is InChI=1S/C64H62BN3/c1-61(2,3)47-32-34-55-52(39-47)63(7)42-48(62(4,5)6)35-36-64(63,8)68(55)51-40-58-60-59(41-51)67(50-28-20-25-45(37-50)43-21-12-9-13-22-43)57-38-46(44-23-14-10-15-24-44)31-33-54(57)65(60)53-29-18-19-30-56(53)66(58)49-26-16-11-17-27-49/h9-34,37-41,48H,35-36,42H2,1-8H3. The highest BCUT2D eigenvalue weighted by Crippen LogP contribution is 2.64. The average Bonchev–Trinajstić information content (AvgIpc) is 3.56. The monoisotopic (exact) mass is 884 g/mol. The van der Waals surface area contributed by atoms with Gasteiger partial charge in [-0.2, -0.15) is 0 Å². The van der Waals surface area contributed by atoms with Crippen LogP contribution in [0.2, 0.25) is 0 Å². The van der Waals surface area contributed by atoms with Crippen LogP contribution < -0.4 is 31.1 Å². The smallest absolute Gasteiger partial charge is 0.252 e. The van der Waals surface area contributed by atoms with E-state index < -0.39 is 0 Å². The second kappa shape index (κ2) is 15.4. The zero-order valence-corrected chi connectivity index (χ0v) is 41.0. The summed E-state index contributed by atoms with van der Waals surface area (Å²) in [5, 5.41) is 0. The summed E-state index contributed by atoms with van der Waals surface area (Å²) in [6.45, 7) is 19.7. The lowest BCUT2D eigenvalue weighted by Gasteiger charge is -2.55. The molecule has 0 radical (unpaired) electrons. The molecular weight excluding hydrogens is 822 g/mol. The van der Waals surface area contributed by atoms with Crippen molar-refractivity contribution in [1.82, 2.24) is 0 Å². The van der Waals surface area contributed by atoms with E-state index in [4.69, 9.17) is 0 Å². The van der Waals surface area contributed by atoms with E-state index in [2.05, 4.69) is 258 Å². The Morgan fingerprint density at radius 3 is 1.71 bits per heavy atom. The maximum Gasteiger partial charge on any atom is 0.252 e. The Labute approximate surface area is 405 Å². The minimum Gasteiger partial charge on any atom is -0.334 e. The average molecular weight is 884 g/mol. The zero-order valence-electron chi connectivity index (χ0n) is 41.0. The lowest BCUT2D eigenvalue weighted by atomic mass is 9.33. The molecule has 0 aromatic heterocycles. The van der Waals surface area contributed by atoms with Gasteiger partial charge in [-0.1, -0.05) is 182 Å². The summed E-state index contributed by atoms with van der Waals surface area (Å²) < 4.78 is 0. The van der Waals surface area contributed by atoms with E-state index in [1.807, 2.05) is 0 Å². The second-order valence-electron chi connectivity index (χ2n) is 22.7. The fraction of sp³-hybridized carbons (Fsp3) is 0.250. The summed E-state index contributed by atoms with van der Waals surface area (Å²) in [5.41, 5.74) is 21.6. The maximum absolute atomic E-state index is 2.82. The van der Waals surface area contributed by atoms with Crippen molar-refractivity contribution < 1.29 is 0 Å². The van der Waals surface area contributed by atoms with Crippen LogP contribution in [0.4, 0.5) is 45.5 Å². The van der Waals surface area contributed by atoms with Crippen molar-refractivity contribution in [2.75, 3.05) is 14.7 Å². The third kappa shape index (κ3) is 6.47. The van der Waals surface area contributed by atoms with E-state index in [9.17, 15) is 0 Å². The Morgan fingerprint density at radius 2 is 1.04 bits per heavy atom. The summed E-state index contributed by atoms with van der Waals surface area (Å²) in [6, 6.07) is 71.1. The predicted molar refractivity (Wildman–Crippen MR) is 291 cm³/mol. The Hall–Kier alpha value is -6.78. The van der Waals surface area contributed by atoms with E-state index in [1.165, 1.54) is 96.0 Å². The third-order valence-corrected chi connectivity index (χ3v) is 16.8. The van der Waals surface area contributed by atoms with Gasteiger partial charge in [0.15, 0.2) is 0 Å². The Bertz CT molecular complexity index is 3240. The first-order chi connectivity index (χ1) is 32.7. The van der Waals surface area contributed by atoms with Gasteiger partial charge in [-0.15, -0.1) is 0 Å². The van der Waals surface area contributed by atoms with Crippen molar-refractivity contribution in [1.29, 1.82) is 0 Å². The van der Waals surface area contributed by atoms with Crippen molar-refractivity contribution in [2.24, 2.45) is 11.3 Å². The number of benzene rings is 8. The highest BCUT2D eigenvalue weighted by Gasteiger charge is 2.61. The van der Waals surface area contributed by atoms with E-state index in [-0.39, 0.29) is 28.5 Å². The molecule has 3 aliphatic heterocycles. The number of anilines is 8. The molecule has 1 saturated carbocycles. The number of rotatable bonds is 5. The summed E-state index contributed by atoms with van der Waals surface area (Å²) in [7, 11) is 0. The maximum atomic E-state index is 2.82. The molecule has 3 heterocycles. The highest BCUT2D eigenvalue weighted by atomic mass is 15.3. The summed E-state index contributed by atoms with van der Waals surface area (Å²) in [5.74, 6) is 0.616. The number of fused-ring (bicyclic) bond motifs is 7. The lowest BCUT2D eigenvalue weighted by molar-refractivity contribution is 0.0786. The molecule has 0 saturated heterocycles. The van der Waals surface area contributed by atoms with E-state index >= 15 is 0 Å². The quantitative estimate of drug-likeness (QED) is 0.159. The minimum atomic E-state index is -0.177. The summed E-state index contributed by atoms with van der Waals surface area (Å²) in [6.07, 6.45) is 3.46. The third-order valence-electron chi connectivity index (χ3n) is 16.8. The van der Waals surface area contributed by atoms with Crippen LogP contribution in [0.3, 0.4) is 0 Å². The zero-order chi connectivity index (χ0) is 46.7. The molecule has 0 N–H and O–H groups in total. The fourth-order valence-corrected chi connectivity index (χ4v) is 12.8. The fourth-order valence-electron chi connectivity index (χ4n) is 12.8. The number of hydrogen-bond donors (Lipinski definition) is 0. The largest absolute Gasteiger partial charge is 0.334 e.